The molecule has 1 aliphatic carbocycles. The maximum Gasteiger partial charge on any atom is 0.239 e. The van der Waals surface area contributed by atoms with Crippen LogP contribution in [0, 0.1) is 5.92 Å². The van der Waals surface area contributed by atoms with Crippen LogP contribution < -0.4 is 10.2 Å². The first kappa shape index (κ1) is 20.2. The molecule has 2 saturated heterocycles. The summed E-state index contributed by atoms with van der Waals surface area (Å²) < 4.78 is 0. The van der Waals surface area contributed by atoms with Gasteiger partial charge in [-0.1, -0.05) is 12.8 Å². The van der Waals surface area contributed by atoms with Crippen molar-refractivity contribution in [1.29, 1.82) is 0 Å². The number of fused-ring (bicyclic) bond motifs is 1. The van der Waals surface area contributed by atoms with Crippen LogP contribution in [0.4, 0.5) is 5.82 Å². The Kier molecular flexibility index (Phi) is 7.28. The van der Waals surface area contributed by atoms with Gasteiger partial charge in [-0.3, -0.25) is 9.78 Å². The van der Waals surface area contributed by atoms with Crippen molar-refractivity contribution in [2.45, 2.75) is 44.2 Å². The minimum absolute atomic E-state index is 0. The Morgan fingerprint density at radius 1 is 1.08 bits per heavy atom. The van der Waals surface area contributed by atoms with E-state index in [0.29, 0.717) is 11.9 Å². The van der Waals surface area contributed by atoms with Crippen molar-refractivity contribution in [3.63, 3.8) is 0 Å². The summed E-state index contributed by atoms with van der Waals surface area (Å²) >= 11 is 0. The van der Waals surface area contributed by atoms with Crippen molar-refractivity contribution in [3.8, 4) is 0 Å². The van der Waals surface area contributed by atoms with E-state index >= 15 is 0 Å². The second-order valence-electron chi connectivity index (χ2n) is 6.98. The van der Waals surface area contributed by atoms with Crippen LogP contribution in [0.2, 0.25) is 0 Å². The average molecular weight is 388 g/mol. The van der Waals surface area contributed by atoms with E-state index in [9.17, 15) is 4.79 Å². The SMILES string of the molecule is Cl.Cl.O=C(C1CC2CCCCC2N1)N1CCN(c2cnccn2)CC1. The van der Waals surface area contributed by atoms with Gasteiger partial charge in [0.1, 0.15) is 5.82 Å². The molecule has 6 nitrogen and oxygen atoms in total. The van der Waals surface area contributed by atoms with Gasteiger partial charge in [0.2, 0.25) is 5.91 Å². The summed E-state index contributed by atoms with van der Waals surface area (Å²) in [6.45, 7) is 3.24. The van der Waals surface area contributed by atoms with Crippen LogP contribution in [0.5, 0.6) is 0 Å². The average Bonchev–Trinajstić information content (AvgIpc) is 3.06. The van der Waals surface area contributed by atoms with Crippen LogP contribution in [0.15, 0.2) is 18.6 Å². The summed E-state index contributed by atoms with van der Waals surface area (Å²) in [5, 5.41) is 3.61. The maximum atomic E-state index is 12.8. The molecule has 3 atom stereocenters. The summed E-state index contributed by atoms with van der Waals surface area (Å²) in [6, 6.07) is 0.629. The third kappa shape index (κ3) is 4.36. The molecule has 0 bridgehead atoms. The molecule has 1 aromatic rings. The number of aromatic nitrogens is 2. The van der Waals surface area contributed by atoms with E-state index in [1.807, 2.05) is 4.90 Å². The summed E-state index contributed by atoms with van der Waals surface area (Å²) in [5.74, 6) is 1.93. The zero-order valence-corrected chi connectivity index (χ0v) is 16.0. The molecule has 1 amide bonds. The second-order valence-corrected chi connectivity index (χ2v) is 6.98. The largest absolute Gasteiger partial charge is 0.352 e. The highest BCUT2D eigenvalue weighted by Gasteiger charge is 2.40. The summed E-state index contributed by atoms with van der Waals surface area (Å²) in [7, 11) is 0. The monoisotopic (exact) mass is 387 g/mol. The predicted molar refractivity (Wildman–Crippen MR) is 103 cm³/mol. The number of piperazine rings is 1. The third-order valence-electron chi connectivity index (χ3n) is 5.63. The lowest BCUT2D eigenvalue weighted by Gasteiger charge is -2.36. The Labute approximate surface area is 161 Å². The fourth-order valence-electron chi connectivity index (χ4n) is 4.34. The van der Waals surface area contributed by atoms with Gasteiger partial charge in [0.05, 0.1) is 12.2 Å². The molecule has 1 N–H and O–H groups in total. The molecule has 0 aromatic carbocycles. The molecular formula is C17H27Cl2N5O. The minimum Gasteiger partial charge on any atom is -0.352 e. The number of nitrogens with one attached hydrogen (secondary N) is 1. The number of amides is 1. The van der Waals surface area contributed by atoms with Crippen LogP contribution in [0.3, 0.4) is 0 Å². The highest BCUT2D eigenvalue weighted by molar-refractivity contribution is 5.85. The lowest BCUT2D eigenvalue weighted by molar-refractivity contribution is -0.133. The highest BCUT2D eigenvalue weighted by atomic mass is 35.5. The van der Waals surface area contributed by atoms with E-state index in [-0.39, 0.29) is 30.9 Å². The highest BCUT2D eigenvalue weighted by Crippen LogP contribution is 2.33. The number of anilines is 1. The van der Waals surface area contributed by atoms with Gasteiger partial charge in [-0.25, -0.2) is 4.98 Å². The summed E-state index contributed by atoms with van der Waals surface area (Å²) in [6.07, 6.45) is 11.4. The molecular weight excluding hydrogens is 361 g/mol. The topological polar surface area (TPSA) is 61.4 Å². The number of rotatable bonds is 2. The third-order valence-corrected chi connectivity index (χ3v) is 5.63. The van der Waals surface area contributed by atoms with Gasteiger partial charge in [-0.15, -0.1) is 24.8 Å². The van der Waals surface area contributed by atoms with Crippen LogP contribution >= 0.6 is 24.8 Å². The van der Waals surface area contributed by atoms with Gasteiger partial charge in [-0.2, -0.15) is 0 Å². The molecule has 3 heterocycles. The van der Waals surface area contributed by atoms with Gasteiger partial charge < -0.3 is 15.1 Å². The molecule has 3 fully saturated rings. The molecule has 4 rings (SSSR count). The van der Waals surface area contributed by atoms with Gasteiger partial charge in [0.15, 0.2) is 0 Å². The molecule has 0 spiro atoms. The van der Waals surface area contributed by atoms with Crippen molar-refractivity contribution >= 4 is 36.5 Å². The van der Waals surface area contributed by atoms with Gasteiger partial charge in [-0.05, 0) is 25.2 Å². The van der Waals surface area contributed by atoms with Crippen molar-refractivity contribution in [2.75, 3.05) is 31.1 Å². The van der Waals surface area contributed by atoms with Crippen molar-refractivity contribution < 1.29 is 4.79 Å². The van der Waals surface area contributed by atoms with E-state index in [1.165, 1.54) is 25.7 Å². The standard InChI is InChI=1S/C17H25N5O.2ClH/c23-17(15-11-13-3-1-2-4-14(13)20-15)22-9-7-21(8-10-22)16-12-18-5-6-19-16;;/h5-6,12-15,20H,1-4,7-11H2;2*1H. The Morgan fingerprint density at radius 2 is 1.84 bits per heavy atom. The first-order valence-electron chi connectivity index (χ1n) is 8.87. The van der Waals surface area contributed by atoms with Crippen LogP contribution in [-0.2, 0) is 4.79 Å². The number of carbonyl (C=O) groups is 1. The lowest BCUT2D eigenvalue weighted by Crippen LogP contribution is -2.53. The Balaban J connectivity index is 0.00000113. The number of carbonyl (C=O) groups excluding carboxylic acids is 1. The molecule has 3 unspecified atom stereocenters. The quantitative estimate of drug-likeness (QED) is 0.839. The molecule has 2 aliphatic heterocycles. The smallest absolute Gasteiger partial charge is 0.239 e. The van der Waals surface area contributed by atoms with Gasteiger partial charge in [0.25, 0.3) is 0 Å². The minimum atomic E-state index is 0. The van der Waals surface area contributed by atoms with Crippen molar-refractivity contribution in [2.24, 2.45) is 5.92 Å². The van der Waals surface area contributed by atoms with Crippen LogP contribution in [0.1, 0.15) is 32.1 Å². The number of halogens is 2. The normalized spacial score (nSPS) is 28.6. The second kappa shape index (κ2) is 9.01. The maximum absolute atomic E-state index is 12.8. The Bertz CT molecular complexity index is 539. The van der Waals surface area contributed by atoms with Gasteiger partial charge in [0, 0.05) is 44.6 Å². The van der Waals surface area contributed by atoms with E-state index in [1.54, 1.807) is 18.6 Å². The molecule has 0 radical (unpaired) electrons. The number of hydrogen-bond acceptors (Lipinski definition) is 5. The van der Waals surface area contributed by atoms with Crippen LogP contribution in [0.25, 0.3) is 0 Å². The molecule has 3 aliphatic rings. The molecule has 1 aromatic heterocycles. The molecule has 1 saturated carbocycles. The van der Waals surface area contributed by atoms with E-state index in [2.05, 4.69) is 20.2 Å². The lowest BCUT2D eigenvalue weighted by atomic mass is 9.85. The van der Waals surface area contributed by atoms with E-state index < -0.39 is 0 Å². The van der Waals surface area contributed by atoms with E-state index in [0.717, 1.165) is 44.3 Å². The molecule has 8 heteroatoms. The first-order valence-corrected chi connectivity index (χ1v) is 8.87. The predicted octanol–water partition coefficient (Wildman–Crippen LogP) is 1.89. The fourth-order valence-corrected chi connectivity index (χ4v) is 4.34. The van der Waals surface area contributed by atoms with Crippen LogP contribution in [-0.4, -0.2) is 59.0 Å². The fraction of sp³-hybridized carbons (Fsp3) is 0.706. The number of hydrogen-bond donors (Lipinski definition) is 1. The Morgan fingerprint density at radius 3 is 2.52 bits per heavy atom. The van der Waals surface area contributed by atoms with Gasteiger partial charge >= 0.3 is 0 Å². The Hall–Kier alpha value is -1.11. The summed E-state index contributed by atoms with van der Waals surface area (Å²) in [4.78, 5) is 25.5. The van der Waals surface area contributed by atoms with Crippen molar-refractivity contribution in [1.82, 2.24) is 20.2 Å². The first-order chi connectivity index (χ1) is 11.3. The van der Waals surface area contributed by atoms with Crippen molar-refractivity contribution in [3.05, 3.63) is 18.6 Å². The molecule has 140 valence electrons. The number of nitrogens with zero attached hydrogens (tertiary/aromatic N) is 4. The summed E-state index contributed by atoms with van der Waals surface area (Å²) in [5.41, 5.74) is 0. The zero-order chi connectivity index (χ0) is 15.6. The zero-order valence-electron chi connectivity index (χ0n) is 14.3. The molecule has 25 heavy (non-hydrogen) atoms. The van der Waals surface area contributed by atoms with E-state index in [4.69, 9.17) is 0 Å².